The van der Waals surface area contributed by atoms with Crippen molar-refractivity contribution in [2.45, 2.75) is 19.4 Å². The van der Waals surface area contributed by atoms with Gasteiger partial charge >= 0.3 is 5.97 Å². The fourth-order valence-corrected chi connectivity index (χ4v) is 1.31. The minimum atomic E-state index is -0.621. The lowest BCUT2D eigenvalue weighted by Crippen LogP contribution is -2.17. The molecule has 0 aliphatic heterocycles. The number of hydrogen-bond donors (Lipinski definition) is 0. The first-order chi connectivity index (χ1) is 7.54. The third kappa shape index (κ3) is 3.05. The molecule has 1 rings (SSSR count). The Morgan fingerprint density at radius 1 is 1.44 bits per heavy atom. The first-order valence-corrected chi connectivity index (χ1v) is 4.85. The van der Waals surface area contributed by atoms with E-state index in [4.69, 9.17) is 0 Å². The van der Waals surface area contributed by atoms with Crippen molar-refractivity contribution in [1.29, 1.82) is 0 Å². The Hall–Kier alpha value is -1.91. The molecule has 1 atom stereocenters. The molecule has 0 heterocycles. The van der Waals surface area contributed by atoms with Crippen LogP contribution >= 0.6 is 0 Å². The molecular formula is C11H13NO4. The maximum Gasteiger partial charge on any atom is 0.337 e. The summed E-state index contributed by atoms with van der Waals surface area (Å²) in [5, 5.41) is 10.5. The standard InChI is InChI=1S/C11H13NO4/c1-8(12(14)15)7-9-3-5-10(6-4-9)11(13)16-2/h3-6,8H,7H2,1-2H3. The predicted molar refractivity (Wildman–Crippen MR) is 57.9 cm³/mol. The minimum absolute atomic E-state index is 0.325. The average Bonchev–Trinajstić information content (AvgIpc) is 2.28. The lowest BCUT2D eigenvalue weighted by molar-refractivity contribution is -0.517. The summed E-state index contributed by atoms with van der Waals surface area (Å²) in [6, 6.07) is 5.99. The number of nitrogens with zero attached hydrogens (tertiary/aromatic N) is 1. The number of rotatable bonds is 4. The van der Waals surface area contributed by atoms with Crippen LogP contribution in [0.15, 0.2) is 24.3 Å². The van der Waals surface area contributed by atoms with Gasteiger partial charge in [0.1, 0.15) is 0 Å². The highest BCUT2D eigenvalue weighted by atomic mass is 16.6. The molecule has 0 aliphatic rings. The second-order valence-corrected chi connectivity index (χ2v) is 3.53. The molecule has 1 aromatic carbocycles. The minimum Gasteiger partial charge on any atom is -0.465 e. The summed E-state index contributed by atoms with van der Waals surface area (Å²) in [5.74, 6) is -0.408. The van der Waals surface area contributed by atoms with E-state index in [0.717, 1.165) is 5.56 Å². The molecule has 16 heavy (non-hydrogen) atoms. The van der Waals surface area contributed by atoms with Gasteiger partial charge in [0, 0.05) is 18.3 Å². The van der Waals surface area contributed by atoms with Gasteiger partial charge < -0.3 is 4.74 Å². The maximum absolute atomic E-state index is 11.1. The van der Waals surface area contributed by atoms with Crippen LogP contribution in [0.4, 0.5) is 0 Å². The van der Waals surface area contributed by atoms with Crippen molar-refractivity contribution in [3.8, 4) is 0 Å². The Kier molecular flexibility index (Phi) is 3.99. The SMILES string of the molecule is COC(=O)c1ccc(CC(C)[N+](=O)[O-])cc1. The van der Waals surface area contributed by atoms with Crippen LogP contribution in [0.2, 0.25) is 0 Å². The second kappa shape index (κ2) is 5.25. The third-order valence-corrected chi connectivity index (χ3v) is 2.27. The van der Waals surface area contributed by atoms with Gasteiger partial charge in [-0.15, -0.1) is 0 Å². The lowest BCUT2D eigenvalue weighted by atomic mass is 10.1. The van der Waals surface area contributed by atoms with E-state index in [0.29, 0.717) is 12.0 Å². The van der Waals surface area contributed by atoms with Crippen LogP contribution in [0.25, 0.3) is 0 Å². The summed E-state index contributed by atoms with van der Waals surface area (Å²) in [6.45, 7) is 1.55. The first kappa shape index (κ1) is 12.2. The smallest absolute Gasteiger partial charge is 0.337 e. The molecule has 86 valence electrons. The fraction of sp³-hybridized carbons (Fsp3) is 0.364. The molecule has 0 aromatic heterocycles. The zero-order valence-corrected chi connectivity index (χ0v) is 9.17. The van der Waals surface area contributed by atoms with E-state index in [1.165, 1.54) is 7.11 Å². The molecule has 0 fully saturated rings. The van der Waals surface area contributed by atoms with Crippen molar-refractivity contribution >= 4 is 5.97 Å². The number of carbonyl (C=O) groups is 1. The highest BCUT2D eigenvalue weighted by Gasteiger charge is 2.13. The van der Waals surface area contributed by atoms with Crippen LogP contribution < -0.4 is 0 Å². The number of ether oxygens (including phenoxy) is 1. The largest absolute Gasteiger partial charge is 0.465 e. The van der Waals surface area contributed by atoms with Crippen LogP contribution in [0.3, 0.4) is 0 Å². The molecule has 5 nitrogen and oxygen atoms in total. The Morgan fingerprint density at radius 3 is 2.44 bits per heavy atom. The summed E-state index contributed by atoms with van der Waals surface area (Å²) < 4.78 is 4.55. The Morgan fingerprint density at radius 2 is 2.00 bits per heavy atom. The zero-order chi connectivity index (χ0) is 12.1. The van der Waals surface area contributed by atoms with Gasteiger partial charge in [-0.05, 0) is 17.7 Å². The van der Waals surface area contributed by atoms with Crippen molar-refractivity contribution in [1.82, 2.24) is 0 Å². The monoisotopic (exact) mass is 223 g/mol. The van der Waals surface area contributed by atoms with Crippen LogP contribution in [0, 0.1) is 10.1 Å². The van der Waals surface area contributed by atoms with E-state index < -0.39 is 12.0 Å². The van der Waals surface area contributed by atoms with Gasteiger partial charge in [-0.2, -0.15) is 0 Å². The normalized spacial score (nSPS) is 11.9. The molecule has 1 aromatic rings. The van der Waals surface area contributed by atoms with Gasteiger partial charge in [-0.3, -0.25) is 10.1 Å². The molecule has 5 heteroatoms. The van der Waals surface area contributed by atoms with Gasteiger partial charge in [0.25, 0.3) is 0 Å². The van der Waals surface area contributed by atoms with Gasteiger partial charge in [0.05, 0.1) is 12.7 Å². The first-order valence-electron chi connectivity index (χ1n) is 4.85. The molecule has 0 amide bonds. The van der Waals surface area contributed by atoms with Crippen LogP contribution in [0.1, 0.15) is 22.8 Å². The summed E-state index contributed by atoms with van der Waals surface area (Å²) in [5.41, 5.74) is 1.27. The molecule has 0 spiro atoms. The van der Waals surface area contributed by atoms with Gasteiger partial charge in [-0.1, -0.05) is 12.1 Å². The summed E-state index contributed by atoms with van der Waals surface area (Å²) in [6.07, 6.45) is 0.356. The van der Waals surface area contributed by atoms with Crippen LogP contribution in [-0.4, -0.2) is 24.0 Å². The molecule has 0 N–H and O–H groups in total. The van der Waals surface area contributed by atoms with Crippen molar-refractivity contribution < 1.29 is 14.5 Å². The number of nitro groups is 1. The van der Waals surface area contributed by atoms with E-state index >= 15 is 0 Å². The quantitative estimate of drug-likeness (QED) is 0.442. The molecule has 1 unspecified atom stereocenters. The number of methoxy groups -OCH3 is 1. The maximum atomic E-state index is 11.1. The predicted octanol–water partition coefficient (Wildman–Crippen LogP) is 1.68. The Labute approximate surface area is 93.2 Å². The molecule has 0 saturated carbocycles. The number of esters is 1. The van der Waals surface area contributed by atoms with E-state index in [2.05, 4.69) is 4.74 Å². The van der Waals surface area contributed by atoms with Crippen LogP contribution in [0.5, 0.6) is 0 Å². The summed E-state index contributed by atoms with van der Waals surface area (Å²) in [7, 11) is 1.31. The number of hydrogen-bond acceptors (Lipinski definition) is 4. The van der Waals surface area contributed by atoms with Gasteiger partial charge in [0.2, 0.25) is 6.04 Å². The van der Waals surface area contributed by atoms with Crippen LogP contribution in [-0.2, 0) is 11.2 Å². The molecule has 0 bridgehead atoms. The van der Waals surface area contributed by atoms with Crippen molar-refractivity contribution in [3.05, 3.63) is 45.5 Å². The van der Waals surface area contributed by atoms with E-state index in [1.807, 2.05) is 0 Å². The van der Waals surface area contributed by atoms with E-state index in [9.17, 15) is 14.9 Å². The Bertz CT molecular complexity index is 385. The van der Waals surface area contributed by atoms with Crippen molar-refractivity contribution in [3.63, 3.8) is 0 Å². The number of benzene rings is 1. The zero-order valence-electron chi connectivity index (χ0n) is 9.17. The van der Waals surface area contributed by atoms with Crippen molar-refractivity contribution in [2.75, 3.05) is 7.11 Å². The van der Waals surface area contributed by atoms with E-state index in [-0.39, 0.29) is 4.92 Å². The molecule has 0 aliphatic carbocycles. The average molecular weight is 223 g/mol. The highest BCUT2D eigenvalue weighted by Crippen LogP contribution is 2.09. The van der Waals surface area contributed by atoms with E-state index in [1.54, 1.807) is 31.2 Å². The van der Waals surface area contributed by atoms with Crippen molar-refractivity contribution in [2.24, 2.45) is 0 Å². The molecule has 0 radical (unpaired) electrons. The third-order valence-electron chi connectivity index (χ3n) is 2.27. The summed E-state index contributed by atoms with van der Waals surface area (Å²) in [4.78, 5) is 21.3. The molecule has 0 saturated heterocycles. The van der Waals surface area contributed by atoms with Gasteiger partial charge in [-0.25, -0.2) is 4.79 Å². The molecular weight excluding hydrogens is 210 g/mol. The number of carbonyl (C=O) groups excluding carboxylic acids is 1. The highest BCUT2D eigenvalue weighted by molar-refractivity contribution is 5.89. The second-order valence-electron chi connectivity index (χ2n) is 3.53. The lowest BCUT2D eigenvalue weighted by Gasteiger charge is -2.04. The van der Waals surface area contributed by atoms with Gasteiger partial charge in [0.15, 0.2) is 0 Å². The Balaban J connectivity index is 2.72. The topological polar surface area (TPSA) is 69.4 Å². The summed E-state index contributed by atoms with van der Waals surface area (Å²) >= 11 is 0. The fourth-order valence-electron chi connectivity index (χ4n) is 1.31.